The summed E-state index contributed by atoms with van der Waals surface area (Å²) in [5.41, 5.74) is 1.49. The van der Waals surface area contributed by atoms with Crippen LogP contribution < -0.4 is 5.46 Å². The molecule has 23 heavy (non-hydrogen) atoms. The largest absolute Gasteiger partial charge is 0.454 e. The monoisotopic (exact) mass is 331 g/mol. The number of rotatable bonds is 4. The summed E-state index contributed by atoms with van der Waals surface area (Å²) < 4.78 is 11.8. The molecule has 0 saturated carbocycles. The van der Waals surface area contributed by atoms with Gasteiger partial charge in [0, 0.05) is 17.6 Å². The van der Waals surface area contributed by atoms with Crippen LogP contribution in [0.2, 0.25) is 5.02 Å². The SMILES string of the molecule is CC(C)(O)C(C)(C)OBc1cccc2oc3cc(Cl)cnc3c12. The Balaban J connectivity index is 2.03. The van der Waals surface area contributed by atoms with Crippen LogP contribution in [0, 0.1) is 0 Å². The van der Waals surface area contributed by atoms with Crippen molar-refractivity contribution in [2.24, 2.45) is 0 Å². The molecule has 0 aliphatic rings. The zero-order valence-electron chi connectivity index (χ0n) is 13.7. The summed E-state index contributed by atoms with van der Waals surface area (Å²) in [4.78, 5) is 4.39. The lowest BCUT2D eigenvalue weighted by Crippen LogP contribution is -2.49. The van der Waals surface area contributed by atoms with Crippen molar-refractivity contribution >= 4 is 46.6 Å². The zero-order chi connectivity index (χ0) is 16.8. The Morgan fingerprint density at radius 2 is 1.96 bits per heavy atom. The second kappa shape index (κ2) is 5.51. The summed E-state index contributed by atoms with van der Waals surface area (Å²) in [5.74, 6) is 0. The van der Waals surface area contributed by atoms with Gasteiger partial charge in [-0.3, -0.25) is 4.98 Å². The van der Waals surface area contributed by atoms with Crippen LogP contribution in [0.15, 0.2) is 34.9 Å². The molecular formula is C17H19BClNO3. The van der Waals surface area contributed by atoms with Crippen molar-refractivity contribution in [3.63, 3.8) is 0 Å². The molecular weight excluding hydrogens is 312 g/mol. The van der Waals surface area contributed by atoms with Gasteiger partial charge in [-0.2, -0.15) is 0 Å². The molecule has 0 aliphatic heterocycles. The lowest BCUT2D eigenvalue weighted by Gasteiger charge is -2.37. The number of halogens is 1. The summed E-state index contributed by atoms with van der Waals surface area (Å²) in [6.07, 6.45) is 1.61. The van der Waals surface area contributed by atoms with Gasteiger partial charge in [0.25, 0.3) is 0 Å². The van der Waals surface area contributed by atoms with Crippen LogP contribution in [0.3, 0.4) is 0 Å². The fourth-order valence-corrected chi connectivity index (χ4v) is 2.44. The Hall–Kier alpha value is -1.56. The summed E-state index contributed by atoms with van der Waals surface area (Å²) in [7, 11) is 0.354. The molecule has 0 atom stereocenters. The molecule has 2 heterocycles. The number of hydrogen-bond donors (Lipinski definition) is 1. The van der Waals surface area contributed by atoms with Gasteiger partial charge >= 0.3 is 7.48 Å². The molecule has 2 aromatic heterocycles. The fraction of sp³-hybridized carbons (Fsp3) is 0.353. The van der Waals surface area contributed by atoms with E-state index in [1.54, 1.807) is 26.1 Å². The summed E-state index contributed by atoms with van der Waals surface area (Å²) >= 11 is 5.98. The van der Waals surface area contributed by atoms with E-state index in [0.29, 0.717) is 18.1 Å². The first-order chi connectivity index (χ1) is 10.7. The molecule has 0 amide bonds. The third kappa shape index (κ3) is 2.96. The maximum atomic E-state index is 10.2. The molecule has 1 N–H and O–H groups in total. The lowest BCUT2D eigenvalue weighted by molar-refractivity contribution is -0.0893. The van der Waals surface area contributed by atoms with Gasteiger partial charge in [-0.05, 0) is 39.2 Å². The number of aromatic nitrogens is 1. The molecule has 0 aliphatic carbocycles. The minimum atomic E-state index is -0.953. The van der Waals surface area contributed by atoms with Crippen LogP contribution in [0.25, 0.3) is 22.1 Å². The van der Waals surface area contributed by atoms with Crippen molar-refractivity contribution in [1.82, 2.24) is 4.98 Å². The number of fused-ring (bicyclic) bond motifs is 3. The Labute approximate surface area is 140 Å². The van der Waals surface area contributed by atoms with Gasteiger partial charge in [-0.25, -0.2) is 0 Å². The van der Waals surface area contributed by atoms with Gasteiger partial charge < -0.3 is 14.2 Å². The molecule has 0 radical (unpaired) electrons. The summed E-state index contributed by atoms with van der Waals surface area (Å²) in [5, 5.41) is 11.7. The van der Waals surface area contributed by atoms with E-state index < -0.39 is 11.2 Å². The van der Waals surface area contributed by atoms with E-state index in [1.165, 1.54) is 0 Å². The first kappa shape index (κ1) is 16.3. The number of pyridine rings is 1. The summed E-state index contributed by atoms with van der Waals surface area (Å²) in [6.45, 7) is 7.23. The molecule has 1 aromatic carbocycles. The molecule has 6 heteroatoms. The van der Waals surface area contributed by atoms with Crippen molar-refractivity contribution in [1.29, 1.82) is 0 Å². The quantitative estimate of drug-likeness (QED) is 0.746. The van der Waals surface area contributed by atoms with Gasteiger partial charge in [0.05, 0.1) is 16.2 Å². The molecule has 120 valence electrons. The van der Waals surface area contributed by atoms with E-state index >= 15 is 0 Å². The predicted molar refractivity (Wildman–Crippen MR) is 94.8 cm³/mol. The maximum Gasteiger partial charge on any atom is 0.310 e. The van der Waals surface area contributed by atoms with Gasteiger partial charge in [-0.15, -0.1) is 0 Å². The van der Waals surface area contributed by atoms with Crippen molar-refractivity contribution < 1.29 is 14.2 Å². The topological polar surface area (TPSA) is 55.5 Å². The van der Waals surface area contributed by atoms with Crippen molar-refractivity contribution in [3.05, 3.63) is 35.5 Å². The molecule has 0 saturated heterocycles. The van der Waals surface area contributed by atoms with E-state index in [2.05, 4.69) is 4.98 Å². The first-order valence-corrected chi connectivity index (χ1v) is 7.89. The highest BCUT2D eigenvalue weighted by molar-refractivity contribution is 6.52. The van der Waals surface area contributed by atoms with E-state index in [-0.39, 0.29) is 0 Å². The van der Waals surface area contributed by atoms with Gasteiger partial charge in [0.15, 0.2) is 5.58 Å². The maximum absolute atomic E-state index is 10.2. The van der Waals surface area contributed by atoms with Crippen molar-refractivity contribution in [2.75, 3.05) is 0 Å². The minimum Gasteiger partial charge on any atom is -0.454 e. The number of nitrogens with zero attached hydrogens (tertiary/aromatic N) is 1. The van der Waals surface area contributed by atoms with Crippen LogP contribution in [0.4, 0.5) is 0 Å². The highest BCUT2D eigenvalue weighted by Gasteiger charge is 2.35. The average Bonchev–Trinajstić information content (AvgIpc) is 2.81. The minimum absolute atomic E-state index is 0.354. The molecule has 0 bridgehead atoms. The Bertz CT molecular complexity index is 867. The normalized spacial score (nSPS) is 13.0. The lowest BCUT2D eigenvalue weighted by atomic mass is 9.81. The number of aliphatic hydroxyl groups is 1. The first-order valence-electron chi connectivity index (χ1n) is 7.51. The number of furan rings is 1. The van der Waals surface area contributed by atoms with E-state index in [0.717, 1.165) is 21.9 Å². The Morgan fingerprint density at radius 3 is 2.65 bits per heavy atom. The van der Waals surface area contributed by atoms with E-state index in [1.807, 2.05) is 32.0 Å². The number of benzene rings is 1. The molecule has 3 rings (SSSR count). The van der Waals surface area contributed by atoms with Crippen molar-refractivity contribution in [3.8, 4) is 0 Å². The molecule has 0 fully saturated rings. The van der Waals surface area contributed by atoms with E-state index in [4.69, 9.17) is 20.7 Å². The standard InChI is InChI=1S/C17H19BClNO3/c1-16(2,21)17(3,4)23-18-11-6-5-7-12-14(11)15-13(22-12)8-10(19)9-20-15/h5-9,18,21H,1-4H3. The van der Waals surface area contributed by atoms with Crippen LogP contribution in [0.5, 0.6) is 0 Å². The van der Waals surface area contributed by atoms with Crippen LogP contribution in [-0.2, 0) is 4.65 Å². The third-order valence-corrected chi connectivity index (χ3v) is 4.66. The second-order valence-electron chi connectivity index (χ2n) is 6.75. The Kier molecular flexibility index (Phi) is 3.91. The highest BCUT2D eigenvalue weighted by atomic mass is 35.5. The zero-order valence-corrected chi connectivity index (χ0v) is 14.4. The van der Waals surface area contributed by atoms with Gasteiger partial charge in [-0.1, -0.05) is 23.7 Å². The van der Waals surface area contributed by atoms with Crippen LogP contribution >= 0.6 is 11.6 Å². The third-order valence-electron chi connectivity index (χ3n) is 4.45. The van der Waals surface area contributed by atoms with Crippen LogP contribution in [0.1, 0.15) is 27.7 Å². The molecule has 0 unspecified atom stereocenters. The number of hydrogen-bond acceptors (Lipinski definition) is 4. The highest BCUT2D eigenvalue weighted by Crippen LogP contribution is 2.28. The smallest absolute Gasteiger partial charge is 0.310 e. The van der Waals surface area contributed by atoms with Gasteiger partial charge in [0.1, 0.15) is 11.1 Å². The molecule has 3 aromatic rings. The average molecular weight is 332 g/mol. The Morgan fingerprint density at radius 1 is 1.22 bits per heavy atom. The second-order valence-corrected chi connectivity index (χ2v) is 7.19. The van der Waals surface area contributed by atoms with Crippen molar-refractivity contribution in [2.45, 2.75) is 38.9 Å². The molecule has 0 spiro atoms. The predicted octanol–water partition coefficient (Wildman–Crippen LogP) is 3.18. The van der Waals surface area contributed by atoms with Gasteiger partial charge in [0.2, 0.25) is 0 Å². The molecule has 4 nitrogen and oxygen atoms in total. The summed E-state index contributed by atoms with van der Waals surface area (Å²) in [6, 6.07) is 7.56. The fourth-order valence-electron chi connectivity index (χ4n) is 2.29. The van der Waals surface area contributed by atoms with E-state index in [9.17, 15) is 5.11 Å². The van der Waals surface area contributed by atoms with Crippen LogP contribution in [-0.4, -0.2) is 28.8 Å².